The highest BCUT2D eigenvalue weighted by Gasteiger charge is 2.23. The summed E-state index contributed by atoms with van der Waals surface area (Å²) >= 11 is 0. The number of ether oxygens (including phenoxy) is 2. The van der Waals surface area contributed by atoms with Gasteiger partial charge < -0.3 is 15.2 Å². The number of methoxy groups -OCH3 is 1. The van der Waals surface area contributed by atoms with E-state index >= 15 is 0 Å². The molecule has 6 heteroatoms. The third kappa shape index (κ3) is 3.48. The van der Waals surface area contributed by atoms with Gasteiger partial charge in [-0.25, -0.2) is 14.8 Å². The summed E-state index contributed by atoms with van der Waals surface area (Å²) in [6, 6.07) is 7.59. The number of carbonyl (C=O) groups excluding carboxylic acids is 1. The fraction of sp³-hybridized carbons (Fsp3) is 0.235. The van der Waals surface area contributed by atoms with Crippen molar-refractivity contribution in [2.75, 3.05) is 19.5 Å². The van der Waals surface area contributed by atoms with Crippen LogP contribution in [0.3, 0.4) is 0 Å². The molecule has 23 heavy (non-hydrogen) atoms. The second-order valence-corrected chi connectivity index (χ2v) is 4.87. The Morgan fingerprint density at radius 1 is 1.26 bits per heavy atom. The van der Waals surface area contributed by atoms with Crippen LogP contribution in [0.4, 0.5) is 5.82 Å². The molecule has 0 saturated heterocycles. The SMILES string of the molecule is C=C(OCC)c1c(N)nc(-c2ccc(C)cc2)nc1C(=O)OC. The van der Waals surface area contributed by atoms with Gasteiger partial charge in [-0.2, -0.15) is 0 Å². The summed E-state index contributed by atoms with van der Waals surface area (Å²) in [5.41, 5.74) is 8.17. The first-order chi connectivity index (χ1) is 11.0. The van der Waals surface area contributed by atoms with Gasteiger partial charge in [0.15, 0.2) is 11.5 Å². The highest BCUT2D eigenvalue weighted by Crippen LogP contribution is 2.27. The Labute approximate surface area is 135 Å². The fourth-order valence-corrected chi connectivity index (χ4v) is 2.08. The molecule has 1 aromatic carbocycles. The Bertz CT molecular complexity index is 739. The standard InChI is InChI=1S/C17H19N3O3/c1-5-23-11(3)13-14(17(21)22-4)19-16(20-15(13)18)12-8-6-10(2)7-9-12/h6-9H,3,5H2,1-2,4H3,(H2,18,19,20). The second kappa shape index (κ2) is 6.91. The summed E-state index contributed by atoms with van der Waals surface area (Å²) in [5.74, 6) is 0.0783. The number of esters is 1. The van der Waals surface area contributed by atoms with Crippen LogP contribution in [0.25, 0.3) is 17.1 Å². The number of nitrogens with two attached hydrogens (primary N) is 1. The second-order valence-electron chi connectivity index (χ2n) is 4.87. The molecule has 0 aliphatic heterocycles. The van der Waals surface area contributed by atoms with Crippen LogP contribution in [0.2, 0.25) is 0 Å². The number of hydrogen-bond donors (Lipinski definition) is 1. The highest BCUT2D eigenvalue weighted by molar-refractivity contribution is 5.95. The maximum atomic E-state index is 12.1. The summed E-state index contributed by atoms with van der Waals surface area (Å²) in [5, 5.41) is 0. The number of aryl methyl sites for hydroxylation is 1. The zero-order valence-electron chi connectivity index (χ0n) is 13.4. The first-order valence-corrected chi connectivity index (χ1v) is 7.12. The average Bonchev–Trinajstić information content (AvgIpc) is 2.54. The molecule has 0 spiro atoms. The van der Waals surface area contributed by atoms with Crippen LogP contribution in [0.5, 0.6) is 0 Å². The lowest BCUT2D eigenvalue weighted by Crippen LogP contribution is -2.14. The first kappa shape index (κ1) is 16.5. The molecule has 0 amide bonds. The molecule has 0 saturated carbocycles. The monoisotopic (exact) mass is 313 g/mol. The van der Waals surface area contributed by atoms with E-state index in [0.717, 1.165) is 11.1 Å². The fourth-order valence-electron chi connectivity index (χ4n) is 2.08. The van der Waals surface area contributed by atoms with Gasteiger partial charge in [-0.05, 0) is 13.8 Å². The van der Waals surface area contributed by atoms with Crippen LogP contribution in [0.1, 0.15) is 28.5 Å². The molecule has 0 radical (unpaired) electrons. The van der Waals surface area contributed by atoms with Crippen LogP contribution < -0.4 is 5.73 Å². The molecule has 2 N–H and O–H groups in total. The average molecular weight is 313 g/mol. The number of rotatable bonds is 5. The Hall–Kier alpha value is -2.89. The van der Waals surface area contributed by atoms with Crippen molar-refractivity contribution in [1.82, 2.24) is 9.97 Å². The zero-order chi connectivity index (χ0) is 17.0. The van der Waals surface area contributed by atoms with E-state index in [-0.39, 0.29) is 22.8 Å². The molecule has 0 aliphatic rings. The number of benzene rings is 1. The van der Waals surface area contributed by atoms with Gasteiger partial charge >= 0.3 is 5.97 Å². The van der Waals surface area contributed by atoms with Crippen molar-refractivity contribution in [3.8, 4) is 11.4 Å². The van der Waals surface area contributed by atoms with Crippen LogP contribution in [0, 0.1) is 6.92 Å². The van der Waals surface area contributed by atoms with Crippen molar-refractivity contribution < 1.29 is 14.3 Å². The molecule has 0 unspecified atom stereocenters. The van der Waals surface area contributed by atoms with Gasteiger partial charge in [0, 0.05) is 5.56 Å². The molecule has 2 rings (SSSR count). The van der Waals surface area contributed by atoms with Gasteiger partial charge in [-0.15, -0.1) is 0 Å². The first-order valence-electron chi connectivity index (χ1n) is 7.12. The smallest absolute Gasteiger partial charge is 0.357 e. The number of anilines is 1. The van der Waals surface area contributed by atoms with Crippen LogP contribution in [-0.4, -0.2) is 29.7 Å². The van der Waals surface area contributed by atoms with E-state index in [1.807, 2.05) is 31.2 Å². The van der Waals surface area contributed by atoms with E-state index in [9.17, 15) is 4.79 Å². The molecule has 120 valence electrons. The molecular formula is C17H19N3O3. The predicted octanol–water partition coefficient (Wildman–Crippen LogP) is 2.83. The van der Waals surface area contributed by atoms with Crippen molar-refractivity contribution in [2.45, 2.75) is 13.8 Å². The lowest BCUT2D eigenvalue weighted by Gasteiger charge is -2.14. The number of aromatic nitrogens is 2. The molecule has 0 bridgehead atoms. The third-order valence-electron chi connectivity index (χ3n) is 3.22. The zero-order valence-corrected chi connectivity index (χ0v) is 13.4. The minimum Gasteiger partial charge on any atom is -0.494 e. The third-order valence-corrected chi connectivity index (χ3v) is 3.22. The lowest BCUT2D eigenvalue weighted by molar-refractivity contribution is 0.0593. The summed E-state index contributed by atoms with van der Waals surface area (Å²) in [7, 11) is 1.28. The van der Waals surface area contributed by atoms with Gasteiger partial charge in [0.2, 0.25) is 0 Å². The maximum absolute atomic E-state index is 12.1. The van der Waals surface area contributed by atoms with E-state index in [1.54, 1.807) is 6.92 Å². The molecule has 1 aromatic heterocycles. The molecule has 0 fully saturated rings. The Morgan fingerprint density at radius 2 is 1.91 bits per heavy atom. The number of nitrogen functional groups attached to an aromatic ring is 1. The molecular weight excluding hydrogens is 294 g/mol. The van der Waals surface area contributed by atoms with Crippen molar-refractivity contribution in [3.63, 3.8) is 0 Å². The van der Waals surface area contributed by atoms with Gasteiger partial charge in [0.25, 0.3) is 0 Å². The summed E-state index contributed by atoms with van der Waals surface area (Å²) in [6.45, 7) is 7.95. The van der Waals surface area contributed by atoms with Crippen LogP contribution >= 0.6 is 0 Å². The summed E-state index contributed by atoms with van der Waals surface area (Å²) in [4.78, 5) is 20.6. The normalized spacial score (nSPS) is 10.2. The molecule has 6 nitrogen and oxygen atoms in total. The largest absolute Gasteiger partial charge is 0.494 e. The number of nitrogens with zero attached hydrogens (tertiary/aromatic N) is 2. The maximum Gasteiger partial charge on any atom is 0.357 e. The van der Waals surface area contributed by atoms with E-state index in [2.05, 4.69) is 16.5 Å². The van der Waals surface area contributed by atoms with E-state index in [0.29, 0.717) is 12.4 Å². The minimum atomic E-state index is -0.622. The van der Waals surface area contributed by atoms with Crippen LogP contribution in [-0.2, 0) is 9.47 Å². The van der Waals surface area contributed by atoms with E-state index in [4.69, 9.17) is 15.2 Å². The highest BCUT2D eigenvalue weighted by atomic mass is 16.5. The Balaban J connectivity index is 2.60. The Kier molecular flexibility index (Phi) is 4.95. The van der Waals surface area contributed by atoms with Gasteiger partial charge in [0.05, 0.1) is 19.3 Å². The number of carbonyl (C=O) groups is 1. The molecule has 0 aliphatic carbocycles. The van der Waals surface area contributed by atoms with Gasteiger partial charge in [-0.1, -0.05) is 36.4 Å². The Morgan fingerprint density at radius 3 is 2.48 bits per heavy atom. The quantitative estimate of drug-likeness (QED) is 0.674. The van der Waals surface area contributed by atoms with Crippen molar-refractivity contribution in [2.24, 2.45) is 0 Å². The summed E-state index contributed by atoms with van der Waals surface area (Å²) < 4.78 is 10.1. The molecule has 0 atom stereocenters. The van der Waals surface area contributed by atoms with Gasteiger partial charge in [0.1, 0.15) is 11.6 Å². The van der Waals surface area contributed by atoms with Crippen molar-refractivity contribution in [3.05, 3.63) is 47.7 Å². The van der Waals surface area contributed by atoms with Gasteiger partial charge in [-0.3, -0.25) is 0 Å². The van der Waals surface area contributed by atoms with Crippen molar-refractivity contribution >= 4 is 17.5 Å². The molecule has 2 aromatic rings. The van der Waals surface area contributed by atoms with E-state index in [1.165, 1.54) is 7.11 Å². The minimum absolute atomic E-state index is 0.0361. The summed E-state index contributed by atoms with van der Waals surface area (Å²) in [6.07, 6.45) is 0. The number of hydrogen-bond acceptors (Lipinski definition) is 6. The molecule has 1 heterocycles. The van der Waals surface area contributed by atoms with E-state index < -0.39 is 5.97 Å². The van der Waals surface area contributed by atoms with Crippen molar-refractivity contribution in [1.29, 1.82) is 0 Å². The topological polar surface area (TPSA) is 87.3 Å². The van der Waals surface area contributed by atoms with Crippen LogP contribution in [0.15, 0.2) is 30.8 Å². The predicted molar refractivity (Wildman–Crippen MR) is 88.6 cm³/mol. The lowest BCUT2D eigenvalue weighted by atomic mass is 10.1.